The van der Waals surface area contributed by atoms with E-state index in [0.717, 1.165) is 5.56 Å². The number of nitrogens with zero attached hydrogens (tertiary/aromatic N) is 1. The van der Waals surface area contributed by atoms with Gasteiger partial charge < -0.3 is 20.7 Å². The molecule has 1 unspecified atom stereocenters. The molecule has 5 nitrogen and oxygen atoms in total. The van der Waals surface area contributed by atoms with E-state index in [9.17, 15) is 4.79 Å². The van der Waals surface area contributed by atoms with E-state index >= 15 is 0 Å². The number of benzene rings is 1. The summed E-state index contributed by atoms with van der Waals surface area (Å²) in [6.07, 6.45) is 1.77. The fraction of sp³-hybridized carbons (Fsp3) is 0.400. The lowest BCUT2D eigenvalue weighted by Gasteiger charge is -2.41. The number of esters is 1. The molecule has 0 saturated carbocycles. The Labute approximate surface area is 119 Å². The molecule has 1 aromatic rings. The molecule has 0 spiro atoms. The first-order valence-corrected chi connectivity index (χ1v) is 6.79. The van der Waals surface area contributed by atoms with E-state index < -0.39 is 5.54 Å². The van der Waals surface area contributed by atoms with Crippen LogP contribution in [0, 0.1) is 0 Å². The van der Waals surface area contributed by atoms with Gasteiger partial charge in [0.15, 0.2) is 5.54 Å². The zero-order valence-corrected chi connectivity index (χ0v) is 11.9. The van der Waals surface area contributed by atoms with E-state index in [4.69, 9.17) is 10.5 Å². The van der Waals surface area contributed by atoms with Gasteiger partial charge >= 0.3 is 5.97 Å². The number of ether oxygens (including phenoxy) is 1. The molecule has 0 aromatic heterocycles. The monoisotopic (exact) mass is 275 g/mol. The second-order valence-electron chi connectivity index (χ2n) is 4.86. The van der Waals surface area contributed by atoms with Crippen LogP contribution >= 0.6 is 0 Å². The van der Waals surface area contributed by atoms with Crippen molar-refractivity contribution in [1.29, 1.82) is 0 Å². The first-order valence-electron chi connectivity index (χ1n) is 6.79. The van der Waals surface area contributed by atoms with Crippen molar-refractivity contribution in [2.75, 3.05) is 19.7 Å². The molecular weight excluding hydrogens is 254 g/mol. The summed E-state index contributed by atoms with van der Waals surface area (Å²) in [5.74, 6) is 0.292. The number of rotatable bonds is 4. The third kappa shape index (κ3) is 2.57. The highest BCUT2D eigenvalue weighted by molar-refractivity contribution is 5.82. The molecule has 1 aliphatic heterocycles. The van der Waals surface area contributed by atoms with Crippen molar-refractivity contribution in [3.63, 3.8) is 0 Å². The van der Waals surface area contributed by atoms with Crippen molar-refractivity contribution in [1.82, 2.24) is 10.2 Å². The van der Waals surface area contributed by atoms with E-state index in [1.54, 1.807) is 6.20 Å². The van der Waals surface area contributed by atoms with Gasteiger partial charge in [-0.3, -0.25) is 0 Å². The van der Waals surface area contributed by atoms with Crippen LogP contribution in [0.4, 0.5) is 0 Å². The molecule has 5 heteroatoms. The van der Waals surface area contributed by atoms with Crippen molar-refractivity contribution in [2.45, 2.75) is 19.4 Å². The number of hydrogen-bond donors (Lipinski definition) is 2. The van der Waals surface area contributed by atoms with E-state index in [0.29, 0.717) is 25.5 Å². The summed E-state index contributed by atoms with van der Waals surface area (Å²) in [7, 11) is 0. The molecule has 0 aliphatic carbocycles. The van der Waals surface area contributed by atoms with Crippen molar-refractivity contribution in [3.05, 3.63) is 47.9 Å². The Bertz CT molecular complexity index is 501. The molecular formula is C15H21N3O2. The van der Waals surface area contributed by atoms with E-state index in [1.807, 2.05) is 49.1 Å². The first kappa shape index (κ1) is 14.2. The third-order valence-corrected chi connectivity index (χ3v) is 3.56. The Hall–Kier alpha value is -2.17. The third-order valence-electron chi connectivity index (χ3n) is 3.56. The Morgan fingerprint density at radius 3 is 2.75 bits per heavy atom. The largest absolute Gasteiger partial charge is 0.464 e. The summed E-state index contributed by atoms with van der Waals surface area (Å²) in [5, 5.41) is 3.05. The Morgan fingerprint density at radius 2 is 2.15 bits per heavy atom. The number of carbonyl (C=O) groups is 1. The zero-order chi connectivity index (χ0) is 14.6. The minimum atomic E-state index is -0.871. The smallest absolute Gasteiger partial charge is 0.336 e. The maximum absolute atomic E-state index is 12.5. The molecule has 2 rings (SSSR count). The second-order valence-corrected chi connectivity index (χ2v) is 4.86. The molecule has 0 bridgehead atoms. The van der Waals surface area contributed by atoms with Gasteiger partial charge in [0.05, 0.1) is 6.61 Å². The molecule has 0 saturated heterocycles. The summed E-state index contributed by atoms with van der Waals surface area (Å²) in [6, 6.07) is 9.63. The minimum absolute atomic E-state index is 0.267. The SMILES string of the molecule is CCOC(=O)C(C)(c1ccccc1)N1C=C(N)NCC1. The van der Waals surface area contributed by atoms with Gasteiger partial charge in [-0.1, -0.05) is 30.3 Å². The zero-order valence-electron chi connectivity index (χ0n) is 11.9. The average Bonchev–Trinajstić information content (AvgIpc) is 2.47. The van der Waals surface area contributed by atoms with Gasteiger partial charge in [0.1, 0.15) is 5.82 Å². The molecule has 0 radical (unpaired) electrons. The van der Waals surface area contributed by atoms with Crippen molar-refractivity contribution in [3.8, 4) is 0 Å². The van der Waals surface area contributed by atoms with Crippen molar-refractivity contribution >= 4 is 5.97 Å². The summed E-state index contributed by atoms with van der Waals surface area (Å²) < 4.78 is 5.28. The highest BCUT2D eigenvalue weighted by atomic mass is 16.5. The average molecular weight is 275 g/mol. The quantitative estimate of drug-likeness (QED) is 0.806. The summed E-state index contributed by atoms with van der Waals surface area (Å²) >= 11 is 0. The molecule has 1 aromatic carbocycles. The number of hydrogen-bond acceptors (Lipinski definition) is 5. The fourth-order valence-electron chi connectivity index (χ4n) is 2.39. The Kier molecular flexibility index (Phi) is 4.17. The molecule has 20 heavy (non-hydrogen) atoms. The maximum Gasteiger partial charge on any atom is 0.336 e. The van der Waals surface area contributed by atoms with Gasteiger partial charge in [-0.05, 0) is 19.4 Å². The number of carbonyl (C=O) groups excluding carboxylic acids is 1. The highest BCUT2D eigenvalue weighted by Crippen LogP contribution is 2.31. The lowest BCUT2D eigenvalue weighted by atomic mass is 9.90. The van der Waals surface area contributed by atoms with Crippen LogP contribution in [-0.4, -0.2) is 30.6 Å². The van der Waals surface area contributed by atoms with Gasteiger partial charge in [-0.25, -0.2) is 4.79 Å². The Balaban J connectivity index is 2.44. The molecule has 0 amide bonds. The number of nitrogens with one attached hydrogen (secondary N) is 1. The van der Waals surface area contributed by atoms with Gasteiger partial charge in [0.25, 0.3) is 0 Å². The molecule has 108 valence electrons. The fourth-order valence-corrected chi connectivity index (χ4v) is 2.39. The van der Waals surface area contributed by atoms with Crippen LogP contribution < -0.4 is 11.1 Å². The molecule has 1 aliphatic rings. The first-order chi connectivity index (χ1) is 9.59. The predicted octanol–water partition coefficient (Wildman–Crippen LogP) is 1.13. The van der Waals surface area contributed by atoms with Crippen LogP contribution in [0.25, 0.3) is 0 Å². The van der Waals surface area contributed by atoms with Gasteiger partial charge in [0.2, 0.25) is 0 Å². The minimum Gasteiger partial charge on any atom is -0.464 e. The lowest BCUT2D eigenvalue weighted by molar-refractivity contribution is -0.156. The van der Waals surface area contributed by atoms with E-state index in [2.05, 4.69) is 5.32 Å². The topological polar surface area (TPSA) is 67.6 Å². The van der Waals surface area contributed by atoms with Crippen LogP contribution in [0.2, 0.25) is 0 Å². The van der Waals surface area contributed by atoms with E-state index in [1.165, 1.54) is 0 Å². The maximum atomic E-state index is 12.5. The Morgan fingerprint density at radius 1 is 1.45 bits per heavy atom. The summed E-state index contributed by atoms with van der Waals surface area (Å²) in [6.45, 7) is 5.42. The molecule has 1 atom stereocenters. The number of nitrogens with two attached hydrogens (primary N) is 1. The van der Waals surface area contributed by atoms with Crippen LogP contribution in [-0.2, 0) is 15.1 Å². The van der Waals surface area contributed by atoms with Gasteiger partial charge in [-0.15, -0.1) is 0 Å². The second kappa shape index (κ2) is 5.86. The highest BCUT2D eigenvalue weighted by Gasteiger charge is 2.42. The standard InChI is InChI=1S/C15H21N3O2/c1-3-20-14(19)15(2,12-7-5-4-6-8-12)18-10-9-17-13(16)11-18/h4-8,11,17H,3,9-10,16H2,1-2H3. The molecule has 0 fully saturated rings. The summed E-state index contributed by atoms with van der Waals surface area (Å²) in [4.78, 5) is 14.5. The van der Waals surface area contributed by atoms with Crippen molar-refractivity contribution in [2.24, 2.45) is 5.73 Å². The van der Waals surface area contributed by atoms with Gasteiger partial charge in [-0.2, -0.15) is 0 Å². The van der Waals surface area contributed by atoms with Crippen molar-refractivity contribution < 1.29 is 9.53 Å². The lowest BCUT2D eigenvalue weighted by Crippen LogP contribution is -2.53. The van der Waals surface area contributed by atoms with Crippen LogP contribution in [0.5, 0.6) is 0 Å². The van der Waals surface area contributed by atoms with Crippen LogP contribution in [0.1, 0.15) is 19.4 Å². The molecule has 3 N–H and O–H groups in total. The van der Waals surface area contributed by atoms with E-state index in [-0.39, 0.29) is 5.97 Å². The van der Waals surface area contributed by atoms with Gasteiger partial charge in [0, 0.05) is 19.3 Å². The summed E-state index contributed by atoms with van der Waals surface area (Å²) in [5.41, 5.74) is 5.85. The van der Waals surface area contributed by atoms with Crippen LogP contribution in [0.15, 0.2) is 42.4 Å². The predicted molar refractivity (Wildman–Crippen MR) is 77.4 cm³/mol. The molecule has 1 heterocycles. The normalized spacial score (nSPS) is 17.7. The van der Waals surface area contributed by atoms with Crippen LogP contribution in [0.3, 0.4) is 0 Å².